The van der Waals surface area contributed by atoms with Gasteiger partial charge in [-0.3, -0.25) is 11.3 Å². The number of hydrogen-bond donors (Lipinski definition) is 2. The van der Waals surface area contributed by atoms with Gasteiger partial charge in [0.15, 0.2) is 5.82 Å². The number of aromatic nitrogens is 4. The Morgan fingerprint density at radius 1 is 1.42 bits per heavy atom. The van der Waals surface area contributed by atoms with Crippen molar-refractivity contribution in [2.45, 2.75) is 32.2 Å². The summed E-state index contributed by atoms with van der Waals surface area (Å²) in [6.45, 7) is 2.10. The first kappa shape index (κ1) is 13.6. The molecule has 3 N–H and O–H groups in total. The number of nitrogens with one attached hydrogen (secondary N) is 1. The molecule has 1 aromatic heterocycles. The highest BCUT2D eigenvalue weighted by molar-refractivity contribution is 5.22. The van der Waals surface area contributed by atoms with E-state index in [0.717, 1.165) is 18.7 Å². The number of rotatable bonds is 6. The molecule has 1 unspecified atom stereocenters. The van der Waals surface area contributed by atoms with Crippen molar-refractivity contribution in [2.24, 2.45) is 12.9 Å². The van der Waals surface area contributed by atoms with Crippen LogP contribution in [-0.2, 0) is 19.9 Å². The topological polar surface area (TPSA) is 81.7 Å². The molecular weight excluding hydrogens is 240 g/mol. The first-order valence-electron chi connectivity index (χ1n) is 6.42. The standard InChI is InChI=1S/C13H20N6/c1-10-4-3-5-11(8-10)6-7-12(15-14)9-13-16-18-19(2)17-13/h3-5,8,12,15H,6-7,9,14H2,1-2H3. The third-order valence-electron chi connectivity index (χ3n) is 3.08. The first-order chi connectivity index (χ1) is 9.17. The van der Waals surface area contributed by atoms with Gasteiger partial charge < -0.3 is 0 Å². The van der Waals surface area contributed by atoms with Gasteiger partial charge in [0.05, 0.1) is 7.05 Å². The highest BCUT2D eigenvalue weighted by Crippen LogP contribution is 2.09. The van der Waals surface area contributed by atoms with Crippen molar-refractivity contribution in [1.29, 1.82) is 0 Å². The molecule has 0 aliphatic carbocycles. The second kappa shape index (κ2) is 6.40. The minimum atomic E-state index is 0.157. The average Bonchev–Trinajstić information content (AvgIpc) is 2.80. The van der Waals surface area contributed by atoms with Crippen molar-refractivity contribution in [2.75, 3.05) is 0 Å². The fourth-order valence-electron chi connectivity index (χ4n) is 2.08. The minimum Gasteiger partial charge on any atom is -0.271 e. The number of hydrogen-bond acceptors (Lipinski definition) is 5. The van der Waals surface area contributed by atoms with Crippen molar-refractivity contribution in [3.8, 4) is 0 Å². The smallest absolute Gasteiger partial charge is 0.176 e. The average molecular weight is 260 g/mol. The molecule has 0 amide bonds. The van der Waals surface area contributed by atoms with Crippen LogP contribution in [0.4, 0.5) is 0 Å². The number of nitrogens with two attached hydrogens (primary N) is 1. The Hall–Kier alpha value is -1.79. The Morgan fingerprint density at radius 2 is 2.26 bits per heavy atom. The van der Waals surface area contributed by atoms with E-state index in [9.17, 15) is 0 Å². The SMILES string of the molecule is Cc1cccc(CCC(Cc2nnn(C)n2)NN)c1. The van der Waals surface area contributed by atoms with E-state index in [2.05, 4.69) is 52.0 Å². The molecule has 0 spiro atoms. The van der Waals surface area contributed by atoms with E-state index in [1.54, 1.807) is 7.05 Å². The molecule has 0 aliphatic heterocycles. The van der Waals surface area contributed by atoms with Crippen molar-refractivity contribution >= 4 is 0 Å². The van der Waals surface area contributed by atoms with Crippen LogP contribution < -0.4 is 11.3 Å². The van der Waals surface area contributed by atoms with Crippen molar-refractivity contribution < 1.29 is 0 Å². The summed E-state index contributed by atoms with van der Waals surface area (Å²) in [5.74, 6) is 6.31. The van der Waals surface area contributed by atoms with Gasteiger partial charge in [-0.05, 0) is 30.5 Å². The van der Waals surface area contributed by atoms with Gasteiger partial charge in [-0.1, -0.05) is 29.8 Å². The molecule has 2 rings (SSSR count). The predicted molar refractivity (Wildman–Crippen MR) is 73.1 cm³/mol. The van der Waals surface area contributed by atoms with E-state index in [-0.39, 0.29) is 6.04 Å². The third kappa shape index (κ3) is 4.11. The summed E-state index contributed by atoms with van der Waals surface area (Å²) in [6, 6.07) is 8.69. The molecule has 6 nitrogen and oxygen atoms in total. The molecule has 0 fully saturated rings. The summed E-state index contributed by atoms with van der Waals surface area (Å²) >= 11 is 0. The molecule has 6 heteroatoms. The third-order valence-corrected chi connectivity index (χ3v) is 3.08. The lowest BCUT2D eigenvalue weighted by Gasteiger charge is -2.13. The van der Waals surface area contributed by atoms with Crippen LogP contribution in [0.5, 0.6) is 0 Å². The number of benzene rings is 1. The lowest BCUT2D eigenvalue weighted by Crippen LogP contribution is -2.37. The lowest BCUT2D eigenvalue weighted by atomic mass is 10.0. The Labute approximate surface area is 113 Å². The molecule has 19 heavy (non-hydrogen) atoms. The molecule has 0 saturated carbocycles. The van der Waals surface area contributed by atoms with Gasteiger partial charge >= 0.3 is 0 Å². The number of tetrazole rings is 1. The highest BCUT2D eigenvalue weighted by Gasteiger charge is 2.11. The van der Waals surface area contributed by atoms with E-state index in [1.807, 2.05) is 0 Å². The van der Waals surface area contributed by atoms with Crippen molar-refractivity contribution in [1.82, 2.24) is 25.6 Å². The summed E-state index contributed by atoms with van der Waals surface area (Å²) in [4.78, 5) is 1.46. The van der Waals surface area contributed by atoms with Crippen LogP contribution in [0.15, 0.2) is 24.3 Å². The highest BCUT2D eigenvalue weighted by atomic mass is 15.6. The number of hydrazine groups is 1. The van der Waals surface area contributed by atoms with Crippen molar-refractivity contribution in [3.63, 3.8) is 0 Å². The maximum atomic E-state index is 5.59. The largest absolute Gasteiger partial charge is 0.271 e. The Balaban J connectivity index is 1.89. The normalized spacial score (nSPS) is 12.6. The summed E-state index contributed by atoms with van der Waals surface area (Å²) in [5.41, 5.74) is 5.44. The number of nitrogens with zero attached hydrogens (tertiary/aromatic N) is 4. The van der Waals surface area contributed by atoms with Crippen LogP contribution in [0.2, 0.25) is 0 Å². The first-order valence-corrected chi connectivity index (χ1v) is 6.42. The maximum Gasteiger partial charge on any atom is 0.176 e. The number of aryl methyl sites for hydroxylation is 3. The van der Waals surface area contributed by atoms with E-state index in [1.165, 1.54) is 15.9 Å². The van der Waals surface area contributed by atoms with Crippen LogP contribution in [-0.4, -0.2) is 26.2 Å². The summed E-state index contributed by atoms with van der Waals surface area (Å²) < 4.78 is 0. The van der Waals surface area contributed by atoms with E-state index in [0.29, 0.717) is 6.42 Å². The summed E-state index contributed by atoms with van der Waals surface area (Å²) in [6.07, 6.45) is 2.62. The van der Waals surface area contributed by atoms with Crippen molar-refractivity contribution in [3.05, 3.63) is 41.2 Å². The lowest BCUT2D eigenvalue weighted by molar-refractivity contribution is 0.481. The second-order valence-electron chi connectivity index (χ2n) is 4.79. The molecular formula is C13H20N6. The van der Waals surface area contributed by atoms with Crippen LogP contribution in [0, 0.1) is 6.92 Å². The van der Waals surface area contributed by atoms with Crippen LogP contribution >= 0.6 is 0 Å². The van der Waals surface area contributed by atoms with Crippen LogP contribution in [0.3, 0.4) is 0 Å². The van der Waals surface area contributed by atoms with Gasteiger partial charge in [-0.2, -0.15) is 4.80 Å². The molecule has 1 heterocycles. The quantitative estimate of drug-likeness (QED) is 0.585. The fourth-order valence-corrected chi connectivity index (χ4v) is 2.08. The zero-order chi connectivity index (χ0) is 13.7. The van der Waals surface area contributed by atoms with E-state index in [4.69, 9.17) is 5.84 Å². The molecule has 0 aliphatic rings. The minimum absolute atomic E-state index is 0.157. The van der Waals surface area contributed by atoms with Gasteiger partial charge in [0, 0.05) is 12.5 Å². The zero-order valence-corrected chi connectivity index (χ0v) is 11.4. The maximum absolute atomic E-state index is 5.59. The molecule has 1 atom stereocenters. The van der Waals surface area contributed by atoms with Gasteiger partial charge in [0.2, 0.25) is 0 Å². The van der Waals surface area contributed by atoms with Gasteiger partial charge in [0.1, 0.15) is 0 Å². The molecule has 0 bridgehead atoms. The molecule has 0 saturated heterocycles. The van der Waals surface area contributed by atoms with Crippen LogP contribution in [0.25, 0.3) is 0 Å². The Kier molecular flexibility index (Phi) is 4.59. The second-order valence-corrected chi connectivity index (χ2v) is 4.79. The molecule has 1 aromatic carbocycles. The van der Waals surface area contributed by atoms with Crippen LogP contribution in [0.1, 0.15) is 23.4 Å². The Bertz CT molecular complexity index is 521. The fraction of sp³-hybridized carbons (Fsp3) is 0.462. The van der Waals surface area contributed by atoms with E-state index < -0.39 is 0 Å². The van der Waals surface area contributed by atoms with Gasteiger partial charge in [0.25, 0.3) is 0 Å². The summed E-state index contributed by atoms with van der Waals surface area (Å²) in [7, 11) is 1.76. The zero-order valence-electron chi connectivity index (χ0n) is 11.4. The molecule has 2 aromatic rings. The summed E-state index contributed by atoms with van der Waals surface area (Å²) in [5, 5.41) is 12.0. The molecule has 0 radical (unpaired) electrons. The van der Waals surface area contributed by atoms with Gasteiger partial charge in [-0.25, -0.2) is 0 Å². The van der Waals surface area contributed by atoms with E-state index >= 15 is 0 Å². The monoisotopic (exact) mass is 260 g/mol. The molecule has 102 valence electrons. The van der Waals surface area contributed by atoms with Gasteiger partial charge in [-0.15, -0.1) is 10.2 Å². The Morgan fingerprint density at radius 3 is 2.89 bits per heavy atom. The predicted octanol–water partition coefficient (Wildman–Crippen LogP) is 0.526.